The van der Waals surface area contributed by atoms with Crippen molar-refractivity contribution in [3.8, 4) is 6.07 Å². The number of carbonyl (C=O) groups is 2. The van der Waals surface area contributed by atoms with E-state index >= 15 is 0 Å². The van der Waals surface area contributed by atoms with Crippen LogP contribution in [0.3, 0.4) is 0 Å². The number of H-pyrrole nitrogens is 1. The lowest BCUT2D eigenvalue weighted by Gasteiger charge is -2.34. The van der Waals surface area contributed by atoms with E-state index in [-0.39, 0.29) is 18.2 Å². The number of para-hydroxylation sites is 2. The number of hydrogen-bond donors (Lipinski definition) is 1. The zero-order chi connectivity index (χ0) is 23.8. The van der Waals surface area contributed by atoms with Gasteiger partial charge in [-0.15, -0.1) is 0 Å². The van der Waals surface area contributed by atoms with Crippen LogP contribution in [-0.2, 0) is 9.59 Å². The molecule has 1 aliphatic rings. The molecule has 2 heterocycles. The molecule has 1 aromatic heterocycles. The summed E-state index contributed by atoms with van der Waals surface area (Å²) in [6.07, 6.45) is 4.09. The Morgan fingerprint density at radius 2 is 1.79 bits per heavy atom. The number of benzene rings is 2. The van der Waals surface area contributed by atoms with Crippen molar-refractivity contribution in [1.82, 2.24) is 20.0 Å². The molecule has 1 saturated heterocycles. The van der Waals surface area contributed by atoms with Crippen LogP contribution in [0, 0.1) is 11.3 Å². The van der Waals surface area contributed by atoms with E-state index in [1.54, 1.807) is 22.0 Å². The monoisotopic (exact) mass is 456 g/mol. The predicted octanol–water partition coefficient (Wildman–Crippen LogP) is 3.06. The van der Waals surface area contributed by atoms with Gasteiger partial charge in [0, 0.05) is 49.9 Å². The summed E-state index contributed by atoms with van der Waals surface area (Å²) in [4.78, 5) is 30.9. The highest BCUT2D eigenvalue weighted by Crippen LogP contribution is 2.18. The van der Waals surface area contributed by atoms with Crippen molar-refractivity contribution >= 4 is 34.5 Å². The maximum absolute atomic E-state index is 13.2. The summed E-state index contributed by atoms with van der Waals surface area (Å²) in [5.74, 6) is -0.190. The van der Waals surface area contributed by atoms with Crippen molar-refractivity contribution in [1.29, 1.82) is 5.26 Å². The molecule has 1 N–H and O–H groups in total. The number of aromatic nitrogens is 2. The van der Waals surface area contributed by atoms with Gasteiger partial charge < -0.3 is 9.80 Å². The van der Waals surface area contributed by atoms with Crippen molar-refractivity contribution in [2.24, 2.45) is 0 Å². The summed E-state index contributed by atoms with van der Waals surface area (Å²) in [5.41, 5.74) is 2.53. The predicted molar refractivity (Wildman–Crippen MR) is 132 cm³/mol. The van der Waals surface area contributed by atoms with Crippen LogP contribution in [-0.4, -0.2) is 71.1 Å². The molecule has 34 heavy (non-hydrogen) atoms. The lowest BCUT2D eigenvalue weighted by atomic mass is 10.2. The first-order valence-electron chi connectivity index (χ1n) is 11.5. The van der Waals surface area contributed by atoms with Crippen LogP contribution in [0.1, 0.15) is 18.5 Å². The lowest BCUT2D eigenvalue weighted by Crippen LogP contribution is -2.49. The zero-order valence-electron chi connectivity index (χ0n) is 19.1. The van der Waals surface area contributed by atoms with Gasteiger partial charge in [-0.3, -0.25) is 19.6 Å². The molecule has 174 valence electrons. The molecule has 1 aliphatic heterocycles. The fraction of sp³-hybridized carbons (Fsp3) is 0.308. The lowest BCUT2D eigenvalue weighted by molar-refractivity contribution is -0.131. The highest BCUT2D eigenvalue weighted by molar-refractivity contribution is 6.04. The first-order chi connectivity index (χ1) is 16.7. The van der Waals surface area contributed by atoms with Gasteiger partial charge in [-0.25, -0.2) is 0 Å². The second-order valence-corrected chi connectivity index (χ2v) is 8.22. The van der Waals surface area contributed by atoms with E-state index in [1.165, 1.54) is 0 Å². The Morgan fingerprint density at radius 1 is 1.06 bits per heavy atom. The number of anilines is 1. The third-order valence-electron chi connectivity index (χ3n) is 6.03. The molecule has 8 nitrogen and oxygen atoms in total. The molecular formula is C26H28N6O2. The molecule has 0 bridgehead atoms. The molecule has 0 saturated carbocycles. The minimum Gasteiger partial charge on any atom is -0.339 e. The van der Waals surface area contributed by atoms with Crippen molar-refractivity contribution in [2.45, 2.75) is 12.8 Å². The number of fused-ring (bicyclic) bond motifs is 1. The van der Waals surface area contributed by atoms with Gasteiger partial charge in [-0.05, 0) is 37.2 Å². The van der Waals surface area contributed by atoms with Crippen LogP contribution in [0.25, 0.3) is 17.0 Å². The fourth-order valence-electron chi connectivity index (χ4n) is 4.18. The van der Waals surface area contributed by atoms with Gasteiger partial charge in [0.15, 0.2) is 0 Å². The largest absolute Gasteiger partial charge is 0.339 e. The Morgan fingerprint density at radius 3 is 2.56 bits per heavy atom. The number of nitrogens with one attached hydrogen (secondary N) is 1. The molecule has 0 unspecified atom stereocenters. The Hall–Kier alpha value is -3.96. The molecule has 2 aromatic carbocycles. The van der Waals surface area contributed by atoms with Crippen LogP contribution in [0.5, 0.6) is 0 Å². The summed E-state index contributed by atoms with van der Waals surface area (Å²) < 4.78 is 0. The SMILES string of the molecule is N#CCC(=O)N1CCN(CCCN(C(=O)/C=C/c2n[nH]c3ccccc23)c2ccccc2)CC1. The van der Waals surface area contributed by atoms with E-state index in [4.69, 9.17) is 5.26 Å². The number of carbonyl (C=O) groups excluding carboxylic acids is 2. The van der Waals surface area contributed by atoms with Crippen molar-refractivity contribution < 1.29 is 9.59 Å². The minimum absolute atomic E-state index is 0.0598. The Labute approximate surface area is 199 Å². The molecule has 2 amide bonds. The smallest absolute Gasteiger partial charge is 0.251 e. The second-order valence-electron chi connectivity index (χ2n) is 8.22. The molecule has 4 rings (SSSR count). The van der Waals surface area contributed by atoms with Gasteiger partial charge in [0.2, 0.25) is 5.91 Å². The standard InChI is InChI=1S/C26H28N6O2/c27-14-13-25(33)31-19-17-30(18-20-31)15-6-16-32(21-7-2-1-3-8-21)26(34)12-11-24-22-9-4-5-10-23(22)28-29-24/h1-5,7-12H,6,13,15-20H2,(H,28,29)/b12-11+. The molecule has 8 heteroatoms. The molecule has 0 atom stereocenters. The maximum Gasteiger partial charge on any atom is 0.251 e. The van der Waals surface area contributed by atoms with Crippen LogP contribution >= 0.6 is 0 Å². The van der Waals surface area contributed by atoms with Gasteiger partial charge in [-0.2, -0.15) is 10.4 Å². The molecule has 1 fully saturated rings. The number of hydrogen-bond acceptors (Lipinski definition) is 5. The van der Waals surface area contributed by atoms with Gasteiger partial charge in [-0.1, -0.05) is 36.4 Å². The third-order valence-corrected chi connectivity index (χ3v) is 6.03. The van der Waals surface area contributed by atoms with E-state index < -0.39 is 0 Å². The topological polar surface area (TPSA) is 96.3 Å². The third kappa shape index (κ3) is 5.69. The molecule has 0 spiro atoms. The number of rotatable bonds is 8. The van der Waals surface area contributed by atoms with Crippen LogP contribution < -0.4 is 4.90 Å². The molecule has 0 aliphatic carbocycles. The van der Waals surface area contributed by atoms with Crippen LogP contribution in [0.4, 0.5) is 5.69 Å². The number of piperazine rings is 1. The average molecular weight is 457 g/mol. The van der Waals surface area contributed by atoms with Crippen molar-refractivity contribution in [3.63, 3.8) is 0 Å². The van der Waals surface area contributed by atoms with Crippen molar-refractivity contribution in [3.05, 3.63) is 66.4 Å². The average Bonchev–Trinajstić information content (AvgIpc) is 3.29. The zero-order valence-corrected chi connectivity index (χ0v) is 19.1. The van der Waals surface area contributed by atoms with E-state index in [9.17, 15) is 9.59 Å². The number of aromatic amines is 1. The number of nitriles is 1. The second kappa shape index (κ2) is 11.3. The highest BCUT2D eigenvalue weighted by atomic mass is 16.2. The van der Waals surface area contributed by atoms with Gasteiger partial charge >= 0.3 is 0 Å². The molecule has 3 aromatic rings. The van der Waals surface area contributed by atoms with Gasteiger partial charge in [0.25, 0.3) is 5.91 Å². The van der Waals surface area contributed by atoms with Crippen LogP contribution in [0.2, 0.25) is 0 Å². The van der Waals surface area contributed by atoms with Crippen molar-refractivity contribution in [2.75, 3.05) is 44.2 Å². The highest BCUT2D eigenvalue weighted by Gasteiger charge is 2.21. The number of nitrogens with zero attached hydrogens (tertiary/aromatic N) is 5. The van der Waals surface area contributed by atoms with Crippen LogP contribution in [0.15, 0.2) is 60.7 Å². The molecule has 0 radical (unpaired) electrons. The summed E-state index contributed by atoms with van der Waals surface area (Å²) >= 11 is 0. The van der Waals surface area contributed by atoms with E-state index in [0.717, 1.165) is 48.3 Å². The maximum atomic E-state index is 13.2. The first-order valence-corrected chi connectivity index (χ1v) is 11.5. The minimum atomic E-state index is -0.0977. The normalized spacial score (nSPS) is 14.4. The Balaban J connectivity index is 1.36. The van der Waals surface area contributed by atoms with E-state index in [1.807, 2.05) is 60.7 Å². The summed E-state index contributed by atoms with van der Waals surface area (Å²) in [7, 11) is 0. The van der Waals surface area contributed by atoms with Gasteiger partial charge in [0.1, 0.15) is 6.42 Å². The van der Waals surface area contributed by atoms with E-state index in [0.29, 0.717) is 19.6 Å². The Bertz CT molecular complexity index is 1190. The summed E-state index contributed by atoms with van der Waals surface area (Å²) in [5, 5.41) is 17.0. The quantitative estimate of drug-likeness (QED) is 0.526. The number of amides is 2. The first kappa shape index (κ1) is 23.2. The van der Waals surface area contributed by atoms with E-state index in [2.05, 4.69) is 15.1 Å². The summed E-state index contributed by atoms with van der Waals surface area (Å²) in [6, 6.07) is 19.4. The Kier molecular flexibility index (Phi) is 7.68. The summed E-state index contributed by atoms with van der Waals surface area (Å²) in [6.45, 7) is 4.27. The van der Waals surface area contributed by atoms with Gasteiger partial charge in [0.05, 0.1) is 17.3 Å². The molecular weight excluding hydrogens is 428 g/mol. The fourth-order valence-corrected chi connectivity index (χ4v) is 4.18.